The molecule has 0 spiro atoms. The van der Waals surface area contributed by atoms with Gasteiger partial charge in [-0.05, 0) is 31.0 Å². The van der Waals surface area contributed by atoms with Crippen LogP contribution in [0.2, 0.25) is 0 Å². The molecule has 0 aliphatic heterocycles. The highest BCUT2D eigenvalue weighted by atomic mass is 16.5. The molecule has 0 bridgehead atoms. The van der Waals surface area contributed by atoms with Crippen LogP contribution in [-0.4, -0.2) is 17.0 Å². The molecule has 0 fully saturated rings. The average molecular weight is 270 g/mol. The van der Waals surface area contributed by atoms with Crippen LogP contribution >= 0.6 is 0 Å². The predicted octanol–water partition coefficient (Wildman–Crippen LogP) is 2.93. The lowest BCUT2D eigenvalue weighted by Crippen LogP contribution is -2.28. The van der Waals surface area contributed by atoms with E-state index in [1.807, 2.05) is 43.3 Å². The van der Waals surface area contributed by atoms with Crippen molar-refractivity contribution in [2.24, 2.45) is 0 Å². The topological polar surface area (TPSA) is 51.2 Å². The van der Waals surface area contributed by atoms with Crippen LogP contribution in [0, 0.1) is 6.92 Å². The molecule has 0 aliphatic carbocycles. The Kier molecular flexibility index (Phi) is 4.85. The Balaban J connectivity index is 1.84. The summed E-state index contributed by atoms with van der Waals surface area (Å²) >= 11 is 0. The summed E-state index contributed by atoms with van der Waals surface area (Å²) in [6, 6.07) is 13.4. The number of hydrogen-bond donors (Lipinski definition) is 1. The molecule has 1 aromatic heterocycles. The molecule has 4 heteroatoms. The SMILES string of the molecule is Cc1ccc(NC(=O)[C@@H](C)OCc2ccccc2)nc1. The van der Waals surface area contributed by atoms with Gasteiger partial charge in [-0.15, -0.1) is 0 Å². The molecule has 1 atom stereocenters. The van der Waals surface area contributed by atoms with Crippen molar-refractivity contribution < 1.29 is 9.53 Å². The average Bonchev–Trinajstić information content (AvgIpc) is 2.48. The second-order valence-corrected chi connectivity index (χ2v) is 4.65. The number of ether oxygens (including phenoxy) is 1. The highest BCUT2D eigenvalue weighted by Gasteiger charge is 2.13. The minimum Gasteiger partial charge on any atom is -0.364 e. The van der Waals surface area contributed by atoms with Crippen molar-refractivity contribution in [1.82, 2.24) is 4.98 Å². The summed E-state index contributed by atoms with van der Waals surface area (Å²) in [4.78, 5) is 16.1. The van der Waals surface area contributed by atoms with E-state index in [2.05, 4.69) is 10.3 Å². The number of aromatic nitrogens is 1. The highest BCUT2D eigenvalue weighted by molar-refractivity contribution is 5.93. The van der Waals surface area contributed by atoms with Crippen molar-refractivity contribution in [3.8, 4) is 0 Å². The number of carbonyl (C=O) groups is 1. The molecular weight excluding hydrogens is 252 g/mol. The van der Waals surface area contributed by atoms with Crippen molar-refractivity contribution in [3.63, 3.8) is 0 Å². The summed E-state index contributed by atoms with van der Waals surface area (Å²) in [7, 11) is 0. The number of carbonyl (C=O) groups excluding carboxylic acids is 1. The van der Waals surface area contributed by atoms with Gasteiger partial charge in [0.25, 0.3) is 5.91 Å². The molecule has 1 amide bonds. The van der Waals surface area contributed by atoms with Gasteiger partial charge in [-0.25, -0.2) is 4.98 Å². The Labute approximate surface area is 118 Å². The molecule has 2 rings (SSSR count). The lowest BCUT2D eigenvalue weighted by Gasteiger charge is -2.13. The van der Waals surface area contributed by atoms with Crippen LogP contribution in [0.5, 0.6) is 0 Å². The molecular formula is C16H18N2O2. The predicted molar refractivity (Wildman–Crippen MR) is 78.3 cm³/mol. The van der Waals surface area contributed by atoms with Gasteiger partial charge in [0.2, 0.25) is 0 Å². The van der Waals surface area contributed by atoms with E-state index in [1.54, 1.807) is 19.2 Å². The third-order valence-corrected chi connectivity index (χ3v) is 2.87. The first-order valence-corrected chi connectivity index (χ1v) is 6.54. The maximum Gasteiger partial charge on any atom is 0.254 e. The van der Waals surface area contributed by atoms with E-state index in [1.165, 1.54) is 0 Å². The van der Waals surface area contributed by atoms with E-state index >= 15 is 0 Å². The van der Waals surface area contributed by atoms with Gasteiger partial charge in [-0.3, -0.25) is 4.79 Å². The van der Waals surface area contributed by atoms with E-state index in [0.29, 0.717) is 12.4 Å². The first-order valence-electron chi connectivity index (χ1n) is 6.54. The maximum atomic E-state index is 11.9. The Morgan fingerprint density at radius 2 is 2.00 bits per heavy atom. The van der Waals surface area contributed by atoms with Gasteiger partial charge < -0.3 is 10.1 Å². The second-order valence-electron chi connectivity index (χ2n) is 4.65. The zero-order valence-electron chi connectivity index (χ0n) is 11.7. The van der Waals surface area contributed by atoms with Gasteiger partial charge in [-0.1, -0.05) is 36.4 Å². The summed E-state index contributed by atoms with van der Waals surface area (Å²) in [5.74, 6) is 0.341. The molecule has 1 aromatic carbocycles. The van der Waals surface area contributed by atoms with Crippen LogP contribution in [0.25, 0.3) is 0 Å². The summed E-state index contributed by atoms with van der Waals surface area (Å²) in [5.41, 5.74) is 2.09. The van der Waals surface area contributed by atoms with Crippen LogP contribution in [0.15, 0.2) is 48.7 Å². The summed E-state index contributed by atoms with van der Waals surface area (Å²) in [6.45, 7) is 4.09. The molecule has 0 saturated heterocycles. The Hall–Kier alpha value is -2.20. The molecule has 4 nitrogen and oxygen atoms in total. The fraction of sp³-hybridized carbons (Fsp3) is 0.250. The minimum absolute atomic E-state index is 0.197. The van der Waals surface area contributed by atoms with E-state index in [0.717, 1.165) is 11.1 Å². The van der Waals surface area contributed by atoms with Gasteiger partial charge in [0.05, 0.1) is 6.61 Å². The van der Waals surface area contributed by atoms with Crippen molar-refractivity contribution in [1.29, 1.82) is 0 Å². The smallest absolute Gasteiger partial charge is 0.254 e. The van der Waals surface area contributed by atoms with Crippen LogP contribution in [0.4, 0.5) is 5.82 Å². The molecule has 0 unspecified atom stereocenters. The number of rotatable bonds is 5. The quantitative estimate of drug-likeness (QED) is 0.908. The summed E-state index contributed by atoms with van der Waals surface area (Å²) in [6.07, 6.45) is 1.18. The van der Waals surface area contributed by atoms with Crippen LogP contribution in [-0.2, 0) is 16.1 Å². The Bertz CT molecular complexity index is 552. The Morgan fingerprint density at radius 3 is 2.65 bits per heavy atom. The zero-order valence-corrected chi connectivity index (χ0v) is 11.7. The van der Waals surface area contributed by atoms with Crippen LogP contribution in [0.3, 0.4) is 0 Å². The number of aryl methyl sites for hydroxylation is 1. The number of nitrogens with one attached hydrogen (secondary N) is 1. The van der Waals surface area contributed by atoms with Gasteiger partial charge >= 0.3 is 0 Å². The molecule has 0 radical (unpaired) electrons. The summed E-state index contributed by atoms with van der Waals surface area (Å²) < 4.78 is 5.55. The molecule has 0 aliphatic rings. The normalized spacial score (nSPS) is 11.9. The fourth-order valence-corrected chi connectivity index (χ4v) is 1.64. The standard InChI is InChI=1S/C16H18N2O2/c1-12-8-9-15(17-10-12)18-16(19)13(2)20-11-14-6-4-3-5-7-14/h3-10,13H,11H2,1-2H3,(H,17,18,19)/t13-/m1/s1. The van der Waals surface area contributed by atoms with Crippen molar-refractivity contribution in [2.75, 3.05) is 5.32 Å². The Morgan fingerprint density at radius 1 is 1.25 bits per heavy atom. The number of nitrogens with zero attached hydrogens (tertiary/aromatic N) is 1. The van der Waals surface area contributed by atoms with Gasteiger partial charge in [-0.2, -0.15) is 0 Å². The molecule has 1 heterocycles. The van der Waals surface area contributed by atoms with Crippen LogP contribution in [0.1, 0.15) is 18.1 Å². The molecule has 104 valence electrons. The summed E-state index contributed by atoms with van der Waals surface area (Å²) in [5, 5.41) is 2.73. The molecule has 0 saturated carbocycles. The van der Waals surface area contributed by atoms with Gasteiger partial charge in [0.15, 0.2) is 0 Å². The maximum absolute atomic E-state index is 11.9. The number of pyridine rings is 1. The number of benzene rings is 1. The van der Waals surface area contributed by atoms with E-state index in [-0.39, 0.29) is 5.91 Å². The lowest BCUT2D eigenvalue weighted by atomic mass is 10.2. The fourth-order valence-electron chi connectivity index (χ4n) is 1.64. The molecule has 2 aromatic rings. The molecule has 1 N–H and O–H groups in total. The second kappa shape index (κ2) is 6.82. The van der Waals surface area contributed by atoms with Crippen molar-refractivity contribution in [3.05, 3.63) is 59.8 Å². The van der Waals surface area contributed by atoms with E-state index in [4.69, 9.17) is 4.74 Å². The molecule has 20 heavy (non-hydrogen) atoms. The highest BCUT2D eigenvalue weighted by Crippen LogP contribution is 2.07. The monoisotopic (exact) mass is 270 g/mol. The zero-order chi connectivity index (χ0) is 14.4. The van der Waals surface area contributed by atoms with Crippen molar-refractivity contribution in [2.45, 2.75) is 26.6 Å². The van der Waals surface area contributed by atoms with E-state index in [9.17, 15) is 4.79 Å². The lowest BCUT2D eigenvalue weighted by molar-refractivity contribution is -0.127. The largest absolute Gasteiger partial charge is 0.364 e. The number of anilines is 1. The van der Waals surface area contributed by atoms with Gasteiger partial charge in [0, 0.05) is 6.20 Å². The number of hydrogen-bond acceptors (Lipinski definition) is 3. The van der Waals surface area contributed by atoms with Crippen LogP contribution < -0.4 is 5.32 Å². The van der Waals surface area contributed by atoms with Gasteiger partial charge in [0.1, 0.15) is 11.9 Å². The third kappa shape index (κ3) is 4.17. The van der Waals surface area contributed by atoms with Crippen molar-refractivity contribution >= 4 is 11.7 Å². The minimum atomic E-state index is -0.529. The number of amides is 1. The first-order chi connectivity index (χ1) is 9.65. The first kappa shape index (κ1) is 14.2. The third-order valence-electron chi connectivity index (χ3n) is 2.87. The van der Waals surface area contributed by atoms with E-state index < -0.39 is 6.10 Å².